The van der Waals surface area contributed by atoms with Crippen LogP contribution in [0, 0.1) is 11.8 Å². The van der Waals surface area contributed by atoms with Gasteiger partial charge in [-0.15, -0.1) is 0 Å². The molecule has 0 bridgehead atoms. The molecule has 0 spiro atoms. The van der Waals surface area contributed by atoms with E-state index in [4.69, 9.17) is 9.98 Å². The van der Waals surface area contributed by atoms with Gasteiger partial charge in [-0.25, -0.2) is 0 Å². The van der Waals surface area contributed by atoms with Gasteiger partial charge in [0.25, 0.3) is 0 Å². The second-order valence-electron chi connectivity index (χ2n) is 18.6. The van der Waals surface area contributed by atoms with Crippen LogP contribution < -0.4 is 9.80 Å². The van der Waals surface area contributed by atoms with Crippen molar-refractivity contribution in [3.63, 3.8) is 0 Å². The van der Waals surface area contributed by atoms with E-state index in [-0.39, 0.29) is 33.7 Å². The van der Waals surface area contributed by atoms with Crippen molar-refractivity contribution >= 4 is 23.0 Å². The number of amidine groups is 2. The lowest BCUT2D eigenvalue weighted by molar-refractivity contribution is 0.464. The van der Waals surface area contributed by atoms with Crippen molar-refractivity contribution in [2.24, 2.45) is 21.8 Å². The molecule has 2 aromatic rings. The Balaban J connectivity index is 1.96. The van der Waals surface area contributed by atoms with Crippen LogP contribution in [0.4, 0.5) is 11.4 Å². The molecule has 2 aromatic carbocycles. The molecule has 4 nitrogen and oxygen atoms in total. The predicted octanol–water partition coefficient (Wildman–Crippen LogP) is 10.8. The fraction of sp³-hybridized carbons (Fsp3) is 0.667. The molecule has 0 saturated carbocycles. The Morgan fingerprint density at radius 1 is 0.522 bits per heavy atom. The van der Waals surface area contributed by atoms with Crippen LogP contribution in [0.25, 0.3) is 0 Å². The molecule has 0 N–H and O–H groups in total. The molecule has 2 heterocycles. The van der Waals surface area contributed by atoms with Crippen LogP contribution in [0.1, 0.15) is 146 Å². The van der Waals surface area contributed by atoms with Crippen LogP contribution in [0.5, 0.6) is 0 Å². The Morgan fingerprint density at radius 2 is 0.783 bits per heavy atom. The second kappa shape index (κ2) is 12.8. The first-order chi connectivity index (χ1) is 21.0. The van der Waals surface area contributed by atoms with Crippen molar-refractivity contribution in [2.45, 2.75) is 157 Å². The summed E-state index contributed by atoms with van der Waals surface area (Å²) in [5, 5.41) is 0. The van der Waals surface area contributed by atoms with Crippen molar-refractivity contribution in [3.8, 4) is 0 Å². The summed E-state index contributed by atoms with van der Waals surface area (Å²) in [5.74, 6) is 3.07. The van der Waals surface area contributed by atoms with Crippen LogP contribution in [0.2, 0.25) is 0 Å². The molecule has 0 fully saturated rings. The third-order valence-electron chi connectivity index (χ3n) is 10.6. The summed E-state index contributed by atoms with van der Waals surface area (Å²) in [6.07, 6.45) is 2.22. The van der Waals surface area contributed by atoms with Crippen molar-refractivity contribution in [1.29, 1.82) is 0 Å². The van der Waals surface area contributed by atoms with Gasteiger partial charge in [-0.3, -0.25) is 9.98 Å². The van der Waals surface area contributed by atoms with E-state index in [1.54, 1.807) is 0 Å². The summed E-state index contributed by atoms with van der Waals surface area (Å²) in [7, 11) is 0. The largest absolute Gasteiger partial charge is 0.321 e. The van der Waals surface area contributed by atoms with E-state index in [0.29, 0.717) is 11.8 Å². The smallest absolute Gasteiger partial charge is 0.172 e. The van der Waals surface area contributed by atoms with Crippen molar-refractivity contribution in [3.05, 3.63) is 58.7 Å². The molecule has 2 aliphatic heterocycles. The Morgan fingerprint density at radius 3 is 1.00 bits per heavy atom. The molecule has 2 aliphatic rings. The Bertz CT molecular complexity index is 1270. The SMILES string of the molecule is CCC(C)C1CN(c2cc(C(C)(C)C)cc(C(C)(C)C)c2)C(C2=NC(C(C)CC)CN2c2cc(C(C)(C)C)cc(C(C)(C)C)c2)=N1. The highest BCUT2D eigenvalue weighted by Gasteiger charge is 2.40. The molecular formula is C42H66N4. The lowest BCUT2D eigenvalue weighted by Crippen LogP contribution is -2.43. The van der Waals surface area contributed by atoms with E-state index in [9.17, 15) is 0 Å². The van der Waals surface area contributed by atoms with Crippen LogP contribution in [0.3, 0.4) is 0 Å². The zero-order valence-electron chi connectivity index (χ0n) is 32.4. The highest BCUT2D eigenvalue weighted by molar-refractivity contribution is 6.50. The Labute approximate surface area is 283 Å². The summed E-state index contributed by atoms with van der Waals surface area (Å²) < 4.78 is 0. The molecule has 4 rings (SSSR count). The number of hydrogen-bond acceptors (Lipinski definition) is 4. The molecule has 0 aromatic heterocycles. The number of benzene rings is 2. The Hall–Kier alpha value is -2.62. The van der Waals surface area contributed by atoms with Gasteiger partial charge in [0.05, 0.1) is 12.1 Å². The van der Waals surface area contributed by atoms with E-state index in [1.807, 2.05) is 0 Å². The molecule has 46 heavy (non-hydrogen) atoms. The van der Waals surface area contributed by atoms with Gasteiger partial charge >= 0.3 is 0 Å². The van der Waals surface area contributed by atoms with Gasteiger partial charge in [-0.2, -0.15) is 0 Å². The van der Waals surface area contributed by atoms with Crippen LogP contribution in [-0.2, 0) is 21.7 Å². The van der Waals surface area contributed by atoms with E-state index in [1.165, 1.54) is 33.6 Å². The quantitative estimate of drug-likeness (QED) is 0.306. The van der Waals surface area contributed by atoms with E-state index in [0.717, 1.165) is 37.6 Å². The number of anilines is 2. The maximum atomic E-state index is 5.59. The van der Waals surface area contributed by atoms with Crippen LogP contribution in [0.15, 0.2) is 46.4 Å². The highest BCUT2D eigenvalue weighted by Crippen LogP contribution is 2.39. The van der Waals surface area contributed by atoms with Gasteiger partial charge in [0.2, 0.25) is 0 Å². The number of nitrogens with zero attached hydrogens (tertiary/aromatic N) is 4. The minimum atomic E-state index is 0.0401. The fourth-order valence-electron chi connectivity index (χ4n) is 6.32. The minimum absolute atomic E-state index is 0.0401. The number of hydrogen-bond donors (Lipinski definition) is 0. The van der Waals surface area contributed by atoms with Gasteiger partial charge in [0.15, 0.2) is 11.7 Å². The van der Waals surface area contributed by atoms with Crippen molar-refractivity contribution in [1.82, 2.24) is 0 Å². The van der Waals surface area contributed by atoms with Gasteiger partial charge in [-0.1, -0.05) is 136 Å². The molecule has 0 amide bonds. The summed E-state index contributed by atoms with van der Waals surface area (Å²) in [6.45, 7) is 39.0. The van der Waals surface area contributed by atoms with Crippen molar-refractivity contribution < 1.29 is 0 Å². The number of aliphatic imine (C=N–C) groups is 2. The van der Waals surface area contributed by atoms with E-state index in [2.05, 4.69) is 157 Å². The predicted molar refractivity (Wildman–Crippen MR) is 204 cm³/mol. The molecule has 0 radical (unpaired) electrons. The molecule has 0 saturated heterocycles. The number of rotatable bonds is 7. The van der Waals surface area contributed by atoms with E-state index >= 15 is 0 Å². The fourth-order valence-corrected chi connectivity index (χ4v) is 6.32. The van der Waals surface area contributed by atoms with Crippen LogP contribution in [-0.4, -0.2) is 36.8 Å². The monoisotopic (exact) mass is 627 g/mol. The van der Waals surface area contributed by atoms with Gasteiger partial charge in [0, 0.05) is 24.5 Å². The first-order valence-corrected chi connectivity index (χ1v) is 18.1. The summed E-state index contributed by atoms with van der Waals surface area (Å²) in [5.41, 5.74) is 8.14. The zero-order valence-corrected chi connectivity index (χ0v) is 32.4. The average molecular weight is 627 g/mol. The first-order valence-electron chi connectivity index (χ1n) is 18.1. The summed E-state index contributed by atoms with van der Waals surface area (Å²) in [4.78, 5) is 16.2. The third-order valence-corrected chi connectivity index (χ3v) is 10.6. The van der Waals surface area contributed by atoms with Gasteiger partial charge in [0.1, 0.15) is 0 Å². The first kappa shape index (κ1) is 36.2. The average Bonchev–Trinajstić information content (AvgIpc) is 3.59. The normalized spacial score (nSPS) is 21.0. The molecule has 4 atom stereocenters. The topological polar surface area (TPSA) is 31.2 Å². The maximum Gasteiger partial charge on any atom is 0.172 e. The standard InChI is InChI=1S/C42H66N4/c1-17-27(3)35-25-45(33-21-29(39(5,6)7)19-30(22-33)40(8,9)10)37(43-35)38-44-36(28(4)18-2)26-46(38)34-23-31(41(11,12)13)20-32(24-34)42(14,15)16/h19-24,27-28,35-36H,17-18,25-26H2,1-16H3. The second-order valence-corrected chi connectivity index (χ2v) is 18.6. The zero-order chi connectivity index (χ0) is 34.6. The highest BCUT2D eigenvalue weighted by atomic mass is 15.4. The Kier molecular flexibility index (Phi) is 10.1. The minimum Gasteiger partial charge on any atom is -0.321 e. The molecule has 4 unspecified atom stereocenters. The molecule has 254 valence electrons. The van der Waals surface area contributed by atoms with Gasteiger partial charge < -0.3 is 9.80 Å². The third kappa shape index (κ3) is 7.74. The molecule has 4 heteroatoms. The lowest BCUT2D eigenvalue weighted by atomic mass is 9.80. The van der Waals surface area contributed by atoms with Gasteiger partial charge in [-0.05, 0) is 80.0 Å². The maximum absolute atomic E-state index is 5.59. The van der Waals surface area contributed by atoms with Crippen molar-refractivity contribution in [2.75, 3.05) is 22.9 Å². The summed E-state index contributed by atoms with van der Waals surface area (Å²) in [6, 6.07) is 15.0. The van der Waals surface area contributed by atoms with E-state index < -0.39 is 0 Å². The van der Waals surface area contributed by atoms with Crippen LogP contribution >= 0.6 is 0 Å². The molecule has 0 aliphatic carbocycles. The summed E-state index contributed by atoms with van der Waals surface area (Å²) >= 11 is 0. The molecular weight excluding hydrogens is 560 g/mol. The lowest BCUT2D eigenvalue weighted by Gasteiger charge is -2.32.